The van der Waals surface area contributed by atoms with Crippen LogP contribution < -0.4 is 10.1 Å². The number of nitrogens with one attached hydrogen (secondary N) is 1. The maximum absolute atomic E-state index is 5.38. The minimum atomic E-state index is 0.821. The van der Waals surface area contributed by atoms with E-state index in [2.05, 4.69) is 45.3 Å². The number of halogens is 1. The van der Waals surface area contributed by atoms with Crippen LogP contribution >= 0.6 is 15.9 Å². The van der Waals surface area contributed by atoms with Gasteiger partial charge >= 0.3 is 0 Å². The fraction of sp³-hybridized carbons (Fsp3) is 0.267. The molecule has 0 unspecified atom stereocenters. The zero-order chi connectivity index (χ0) is 13.8. The number of pyridine rings is 1. The molecule has 0 bridgehead atoms. The first-order chi connectivity index (χ1) is 9.13. The average molecular weight is 321 g/mol. The quantitative estimate of drug-likeness (QED) is 0.902. The van der Waals surface area contributed by atoms with Crippen molar-refractivity contribution < 1.29 is 4.74 Å². The van der Waals surface area contributed by atoms with E-state index in [1.54, 1.807) is 13.3 Å². The number of anilines is 2. The number of rotatable bonds is 4. The maximum atomic E-state index is 5.38. The number of benzene rings is 1. The van der Waals surface area contributed by atoms with E-state index in [4.69, 9.17) is 4.74 Å². The van der Waals surface area contributed by atoms with Crippen LogP contribution in [0.15, 0.2) is 34.9 Å². The molecule has 0 radical (unpaired) electrons. The Morgan fingerprint density at radius 2 is 2.11 bits per heavy atom. The zero-order valence-electron chi connectivity index (χ0n) is 11.3. The molecule has 19 heavy (non-hydrogen) atoms. The van der Waals surface area contributed by atoms with E-state index < -0.39 is 0 Å². The molecule has 1 aromatic carbocycles. The van der Waals surface area contributed by atoms with Crippen LogP contribution in [0.1, 0.15) is 18.1 Å². The Morgan fingerprint density at radius 3 is 2.74 bits per heavy atom. The molecule has 100 valence electrons. The van der Waals surface area contributed by atoms with Gasteiger partial charge in [-0.25, -0.2) is 4.98 Å². The van der Waals surface area contributed by atoms with Gasteiger partial charge in [-0.15, -0.1) is 0 Å². The van der Waals surface area contributed by atoms with E-state index in [-0.39, 0.29) is 0 Å². The highest BCUT2D eigenvalue weighted by molar-refractivity contribution is 9.10. The van der Waals surface area contributed by atoms with Crippen LogP contribution in [0.5, 0.6) is 5.75 Å². The zero-order valence-corrected chi connectivity index (χ0v) is 12.9. The van der Waals surface area contributed by atoms with Crippen LogP contribution in [0, 0.1) is 6.92 Å². The van der Waals surface area contributed by atoms with Crippen molar-refractivity contribution in [2.45, 2.75) is 20.3 Å². The number of ether oxygens (including phenoxy) is 1. The standard InChI is InChI=1S/C15H17BrN2O/c1-4-11-5-6-14(19-3)13(8-11)18-15-10(2)7-12(16)9-17-15/h5-9H,4H2,1-3H3,(H,17,18). The first-order valence-corrected chi connectivity index (χ1v) is 6.99. The second kappa shape index (κ2) is 6.06. The Morgan fingerprint density at radius 1 is 1.32 bits per heavy atom. The van der Waals surface area contributed by atoms with Crippen molar-refractivity contribution in [3.05, 3.63) is 46.1 Å². The summed E-state index contributed by atoms with van der Waals surface area (Å²) in [5.41, 5.74) is 3.29. The molecular formula is C15H17BrN2O. The third-order valence-electron chi connectivity index (χ3n) is 2.97. The molecule has 2 aromatic rings. The van der Waals surface area contributed by atoms with Gasteiger partial charge < -0.3 is 10.1 Å². The average Bonchev–Trinajstić information content (AvgIpc) is 2.41. The Balaban J connectivity index is 2.36. The van der Waals surface area contributed by atoms with Gasteiger partial charge in [-0.1, -0.05) is 13.0 Å². The summed E-state index contributed by atoms with van der Waals surface area (Å²) in [6.45, 7) is 4.16. The predicted molar refractivity (Wildman–Crippen MR) is 82.3 cm³/mol. The predicted octanol–water partition coefficient (Wildman–Crippen LogP) is 4.47. The summed E-state index contributed by atoms with van der Waals surface area (Å²) in [4.78, 5) is 4.39. The summed E-state index contributed by atoms with van der Waals surface area (Å²) < 4.78 is 6.36. The molecule has 1 heterocycles. The molecule has 2 rings (SSSR count). The van der Waals surface area contributed by atoms with Crippen LogP contribution in [0.3, 0.4) is 0 Å². The molecule has 3 nitrogen and oxygen atoms in total. The van der Waals surface area contributed by atoms with Gasteiger partial charge in [-0.2, -0.15) is 0 Å². The van der Waals surface area contributed by atoms with Crippen LogP contribution in [0.4, 0.5) is 11.5 Å². The van der Waals surface area contributed by atoms with Gasteiger partial charge in [0.05, 0.1) is 12.8 Å². The normalized spacial score (nSPS) is 10.3. The summed E-state index contributed by atoms with van der Waals surface area (Å²) >= 11 is 3.42. The largest absolute Gasteiger partial charge is 0.495 e. The monoisotopic (exact) mass is 320 g/mol. The molecule has 0 fully saturated rings. The Hall–Kier alpha value is -1.55. The lowest BCUT2D eigenvalue weighted by atomic mass is 10.1. The van der Waals surface area contributed by atoms with Crippen molar-refractivity contribution >= 4 is 27.4 Å². The van der Waals surface area contributed by atoms with E-state index in [0.717, 1.165) is 33.7 Å². The molecule has 0 aliphatic heterocycles. The first-order valence-electron chi connectivity index (χ1n) is 6.20. The van der Waals surface area contributed by atoms with E-state index in [9.17, 15) is 0 Å². The summed E-state index contributed by atoms with van der Waals surface area (Å²) in [6.07, 6.45) is 2.77. The molecule has 1 N–H and O–H groups in total. The Kier molecular flexibility index (Phi) is 4.43. The van der Waals surface area contributed by atoms with Gasteiger partial charge in [0.2, 0.25) is 0 Å². The number of aryl methyl sites for hydroxylation is 2. The highest BCUT2D eigenvalue weighted by Gasteiger charge is 2.07. The lowest BCUT2D eigenvalue weighted by Crippen LogP contribution is -1.99. The second-order valence-corrected chi connectivity index (χ2v) is 5.25. The van der Waals surface area contributed by atoms with Gasteiger partial charge in [0.15, 0.2) is 0 Å². The van der Waals surface area contributed by atoms with Crippen molar-refractivity contribution in [1.29, 1.82) is 0 Å². The molecular weight excluding hydrogens is 304 g/mol. The van der Waals surface area contributed by atoms with Crippen LogP contribution in [-0.4, -0.2) is 12.1 Å². The molecule has 0 saturated carbocycles. The molecule has 0 aliphatic carbocycles. The summed E-state index contributed by atoms with van der Waals surface area (Å²) in [7, 11) is 1.67. The van der Waals surface area contributed by atoms with Crippen molar-refractivity contribution in [2.75, 3.05) is 12.4 Å². The van der Waals surface area contributed by atoms with Gasteiger partial charge in [-0.05, 0) is 58.6 Å². The highest BCUT2D eigenvalue weighted by atomic mass is 79.9. The van der Waals surface area contributed by atoms with E-state index >= 15 is 0 Å². The minimum absolute atomic E-state index is 0.821. The fourth-order valence-electron chi connectivity index (χ4n) is 1.87. The SMILES string of the molecule is CCc1ccc(OC)c(Nc2ncc(Br)cc2C)c1. The van der Waals surface area contributed by atoms with Gasteiger partial charge in [-0.3, -0.25) is 0 Å². The summed E-state index contributed by atoms with van der Waals surface area (Å²) in [5, 5.41) is 3.34. The van der Waals surface area contributed by atoms with E-state index in [1.807, 2.05) is 19.1 Å². The topological polar surface area (TPSA) is 34.1 Å². The number of nitrogens with zero attached hydrogens (tertiary/aromatic N) is 1. The third-order valence-corrected chi connectivity index (χ3v) is 3.40. The Labute approximate surface area is 122 Å². The molecule has 0 saturated heterocycles. The number of hydrogen-bond donors (Lipinski definition) is 1. The molecule has 0 spiro atoms. The molecule has 0 amide bonds. The Bertz CT molecular complexity index is 584. The lowest BCUT2D eigenvalue weighted by Gasteiger charge is -2.13. The van der Waals surface area contributed by atoms with Gasteiger partial charge in [0, 0.05) is 10.7 Å². The fourth-order valence-corrected chi connectivity index (χ4v) is 2.32. The van der Waals surface area contributed by atoms with Gasteiger partial charge in [0.1, 0.15) is 11.6 Å². The number of methoxy groups -OCH3 is 1. The molecule has 4 heteroatoms. The van der Waals surface area contributed by atoms with Crippen molar-refractivity contribution in [3.63, 3.8) is 0 Å². The molecule has 1 aromatic heterocycles. The summed E-state index contributed by atoms with van der Waals surface area (Å²) in [6, 6.07) is 8.19. The highest BCUT2D eigenvalue weighted by Crippen LogP contribution is 2.29. The van der Waals surface area contributed by atoms with Crippen molar-refractivity contribution in [3.8, 4) is 5.75 Å². The second-order valence-electron chi connectivity index (χ2n) is 4.33. The van der Waals surface area contributed by atoms with Crippen LogP contribution in [-0.2, 0) is 6.42 Å². The van der Waals surface area contributed by atoms with Crippen LogP contribution in [0.2, 0.25) is 0 Å². The van der Waals surface area contributed by atoms with Gasteiger partial charge in [0.25, 0.3) is 0 Å². The molecule has 0 atom stereocenters. The molecule has 0 aliphatic rings. The van der Waals surface area contributed by atoms with E-state index in [1.165, 1.54) is 5.56 Å². The number of hydrogen-bond acceptors (Lipinski definition) is 3. The summed E-state index contributed by atoms with van der Waals surface area (Å²) in [5.74, 6) is 1.66. The van der Waals surface area contributed by atoms with E-state index in [0.29, 0.717) is 0 Å². The maximum Gasteiger partial charge on any atom is 0.142 e. The van der Waals surface area contributed by atoms with Crippen molar-refractivity contribution in [1.82, 2.24) is 4.98 Å². The minimum Gasteiger partial charge on any atom is -0.495 e. The lowest BCUT2D eigenvalue weighted by molar-refractivity contribution is 0.416. The first kappa shape index (κ1) is 13.9. The van der Waals surface area contributed by atoms with Crippen molar-refractivity contribution in [2.24, 2.45) is 0 Å². The smallest absolute Gasteiger partial charge is 0.142 e. The number of aromatic nitrogens is 1. The van der Waals surface area contributed by atoms with Crippen LogP contribution in [0.25, 0.3) is 0 Å². The third kappa shape index (κ3) is 3.26.